The summed E-state index contributed by atoms with van der Waals surface area (Å²) >= 11 is 1.74. The molecule has 2 aliphatic rings. The molecule has 164 valence electrons. The maximum atomic E-state index is 5.65. The Balaban J connectivity index is 0.00000256. The van der Waals surface area contributed by atoms with Gasteiger partial charge in [0.05, 0.1) is 5.01 Å². The molecule has 0 spiro atoms. The number of hydrogen-bond acceptors (Lipinski definition) is 6. The molecule has 0 saturated carbocycles. The minimum atomic E-state index is -0.0245. The van der Waals surface area contributed by atoms with E-state index in [1.54, 1.807) is 18.4 Å². The molecule has 1 aromatic heterocycles. The Bertz CT molecular complexity index is 868. The summed E-state index contributed by atoms with van der Waals surface area (Å²) in [5.74, 6) is 2.46. The Morgan fingerprint density at radius 2 is 2.00 bits per heavy atom. The quantitative estimate of drug-likeness (QED) is 0.331. The fourth-order valence-electron chi connectivity index (χ4n) is 3.83. The maximum Gasteiger partial charge on any atom is 0.231 e. The molecule has 30 heavy (non-hydrogen) atoms. The number of nitrogens with zero attached hydrogens (tertiary/aromatic N) is 2. The normalized spacial score (nSPS) is 17.3. The van der Waals surface area contributed by atoms with E-state index in [4.69, 9.17) is 14.2 Å². The number of aliphatic imine (C=N–C) groups is 1. The molecule has 2 N–H and O–H groups in total. The zero-order valence-corrected chi connectivity index (χ0v) is 20.5. The molecule has 0 unspecified atom stereocenters. The monoisotopic (exact) mass is 544 g/mol. The van der Waals surface area contributed by atoms with Gasteiger partial charge in [-0.05, 0) is 37.5 Å². The predicted octanol–water partition coefficient (Wildman–Crippen LogP) is 3.25. The minimum Gasteiger partial charge on any atom is -0.454 e. The number of halogens is 1. The zero-order valence-electron chi connectivity index (χ0n) is 17.4. The highest BCUT2D eigenvalue weighted by Crippen LogP contribution is 2.40. The van der Waals surface area contributed by atoms with Crippen LogP contribution in [-0.4, -0.2) is 51.1 Å². The Morgan fingerprint density at radius 3 is 2.73 bits per heavy atom. The van der Waals surface area contributed by atoms with E-state index in [1.807, 2.05) is 12.3 Å². The first-order valence-corrected chi connectivity index (χ1v) is 10.8. The van der Waals surface area contributed by atoms with Gasteiger partial charge in [-0.3, -0.25) is 4.99 Å². The fourth-order valence-corrected chi connectivity index (χ4v) is 4.62. The molecule has 1 fully saturated rings. The fraction of sp³-hybridized carbons (Fsp3) is 0.524. The van der Waals surface area contributed by atoms with Crippen molar-refractivity contribution < 1.29 is 14.2 Å². The van der Waals surface area contributed by atoms with Gasteiger partial charge in [-0.25, -0.2) is 4.98 Å². The number of aromatic nitrogens is 1. The molecule has 3 heterocycles. The summed E-state index contributed by atoms with van der Waals surface area (Å²) in [5, 5.41) is 8.08. The molecule has 7 nitrogen and oxygen atoms in total. The molecular formula is C21H29IN4O3S. The van der Waals surface area contributed by atoms with Crippen LogP contribution in [0.5, 0.6) is 11.5 Å². The van der Waals surface area contributed by atoms with Crippen molar-refractivity contribution in [2.75, 3.05) is 40.1 Å². The summed E-state index contributed by atoms with van der Waals surface area (Å²) in [6.45, 7) is 5.47. The second-order valence-electron chi connectivity index (χ2n) is 7.43. The topological polar surface area (TPSA) is 77.0 Å². The van der Waals surface area contributed by atoms with Crippen LogP contribution in [0.4, 0.5) is 0 Å². The standard InChI is InChI=1S/C21H28N4O3S.HI/c1-15-12-24-19(29-15)5-8-23-20(22-2)25-13-21(6-9-26-10-7-21)16-3-4-17-18(11-16)28-14-27-17;/h3-4,11-12H,5-10,13-14H2,1-2H3,(H2,22,23,25);1H. The lowest BCUT2D eigenvalue weighted by Gasteiger charge is -2.38. The van der Waals surface area contributed by atoms with E-state index in [0.717, 1.165) is 68.0 Å². The average molecular weight is 544 g/mol. The van der Waals surface area contributed by atoms with Gasteiger partial charge in [-0.1, -0.05) is 6.07 Å². The summed E-state index contributed by atoms with van der Waals surface area (Å²) in [6.07, 6.45) is 4.72. The van der Waals surface area contributed by atoms with Crippen LogP contribution >= 0.6 is 35.3 Å². The number of benzene rings is 1. The first-order chi connectivity index (χ1) is 14.2. The molecule has 1 saturated heterocycles. The molecule has 2 aromatic rings. The van der Waals surface area contributed by atoms with E-state index in [9.17, 15) is 0 Å². The summed E-state index contributed by atoms with van der Waals surface area (Å²) in [5.41, 5.74) is 1.23. The summed E-state index contributed by atoms with van der Waals surface area (Å²) < 4.78 is 16.7. The number of rotatable bonds is 6. The lowest BCUT2D eigenvalue weighted by atomic mass is 9.74. The summed E-state index contributed by atoms with van der Waals surface area (Å²) in [7, 11) is 1.81. The van der Waals surface area contributed by atoms with Crippen molar-refractivity contribution in [2.45, 2.75) is 31.6 Å². The van der Waals surface area contributed by atoms with Gasteiger partial charge < -0.3 is 24.8 Å². The molecule has 1 aromatic carbocycles. The second kappa shape index (κ2) is 10.6. The SMILES string of the molecule is CN=C(NCCc1ncc(C)s1)NCC1(c2ccc3c(c2)OCO3)CCOCC1.I. The van der Waals surface area contributed by atoms with Gasteiger partial charge in [0.2, 0.25) is 6.79 Å². The molecule has 4 rings (SSSR count). The first kappa shape index (κ1) is 23.1. The van der Waals surface area contributed by atoms with Crippen molar-refractivity contribution in [1.82, 2.24) is 15.6 Å². The number of guanidine groups is 1. The largest absolute Gasteiger partial charge is 0.454 e. The summed E-state index contributed by atoms with van der Waals surface area (Å²) in [6, 6.07) is 6.29. The molecule has 0 atom stereocenters. The minimum absolute atomic E-state index is 0. The third-order valence-corrected chi connectivity index (χ3v) is 6.53. The molecule has 2 aliphatic heterocycles. The molecule has 9 heteroatoms. The molecule has 0 radical (unpaired) electrons. The Hall–Kier alpha value is -1.59. The van der Waals surface area contributed by atoms with Crippen LogP contribution in [0.15, 0.2) is 29.4 Å². The van der Waals surface area contributed by atoms with Crippen LogP contribution in [-0.2, 0) is 16.6 Å². The number of ether oxygens (including phenoxy) is 3. The van der Waals surface area contributed by atoms with Gasteiger partial charge in [-0.15, -0.1) is 35.3 Å². The average Bonchev–Trinajstić information content (AvgIpc) is 3.39. The van der Waals surface area contributed by atoms with Gasteiger partial charge >= 0.3 is 0 Å². The van der Waals surface area contributed by atoms with Gasteiger partial charge in [0.15, 0.2) is 17.5 Å². The van der Waals surface area contributed by atoms with E-state index in [-0.39, 0.29) is 29.4 Å². The predicted molar refractivity (Wildman–Crippen MR) is 130 cm³/mol. The highest BCUT2D eigenvalue weighted by Gasteiger charge is 2.35. The molecule has 0 bridgehead atoms. The van der Waals surface area contributed by atoms with Gasteiger partial charge in [0.1, 0.15) is 0 Å². The lowest BCUT2D eigenvalue weighted by Crippen LogP contribution is -2.48. The number of hydrogen-bond donors (Lipinski definition) is 2. The number of thiazole rings is 1. The van der Waals surface area contributed by atoms with E-state index in [2.05, 4.69) is 39.7 Å². The van der Waals surface area contributed by atoms with E-state index >= 15 is 0 Å². The number of fused-ring (bicyclic) bond motifs is 1. The molecule has 0 amide bonds. The van der Waals surface area contributed by atoms with Crippen LogP contribution in [0.25, 0.3) is 0 Å². The van der Waals surface area contributed by atoms with Gasteiger partial charge in [0, 0.05) is 56.3 Å². The van der Waals surface area contributed by atoms with E-state index < -0.39 is 0 Å². The third kappa shape index (κ3) is 5.36. The van der Waals surface area contributed by atoms with E-state index in [1.165, 1.54) is 10.4 Å². The Labute approximate surface area is 198 Å². The van der Waals surface area contributed by atoms with Crippen molar-refractivity contribution >= 4 is 41.3 Å². The van der Waals surface area contributed by atoms with Crippen LogP contribution in [0.2, 0.25) is 0 Å². The number of nitrogens with one attached hydrogen (secondary N) is 2. The van der Waals surface area contributed by atoms with Crippen LogP contribution < -0.4 is 20.1 Å². The van der Waals surface area contributed by atoms with Crippen molar-refractivity contribution in [3.8, 4) is 11.5 Å². The van der Waals surface area contributed by atoms with Crippen molar-refractivity contribution in [1.29, 1.82) is 0 Å². The zero-order chi connectivity index (χ0) is 20.1. The Morgan fingerprint density at radius 1 is 1.20 bits per heavy atom. The van der Waals surface area contributed by atoms with Crippen molar-refractivity contribution in [3.05, 3.63) is 39.8 Å². The van der Waals surface area contributed by atoms with E-state index in [0.29, 0.717) is 6.79 Å². The third-order valence-electron chi connectivity index (χ3n) is 5.55. The highest BCUT2D eigenvalue weighted by atomic mass is 127. The van der Waals surface area contributed by atoms with Crippen LogP contribution in [0, 0.1) is 6.92 Å². The second-order valence-corrected chi connectivity index (χ2v) is 8.75. The maximum absolute atomic E-state index is 5.65. The first-order valence-electron chi connectivity index (χ1n) is 10.0. The molecule has 0 aliphatic carbocycles. The Kier molecular flexibility index (Phi) is 8.18. The molecular weight excluding hydrogens is 515 g/mol. The van der Waals surface area contributed by atoms with Crippen LogP contribution in [0.3, 0.4) is 0 Å². The van der Waals surface area contributed by atoms with Gasteiger partial charge in [-0.2, -0.15) is 0 Å². The number of aryl methyl sites for hydroxylation is 1. The summed E-state index contributed by atoms with van der Waals surface area (Å²) in [4.78, 5) is 10.1. The van der Waals surface area contributed by atoms with Crippen molar-refractivity contribution in [2.24, 2.45) is 4.99 Å². The lowest BCUT2D eigenvalue weighted by molar-refractivity contribution is 0.0513. The smallest absolute Gasteiger partial charge is 0.231 e. The highest BCUT2D eigenvalue weighted by molar-refractivity contribution is 14.0. The van der Waals surface area contributed by atoms with Gasteiger partial charge in [0.25, 0.3) is 0 Å². The van der Waals surface area contributed by atoms with Crippen molar-refractivity contribution in [3.63, 3.8) is 0 Å². The van der Waals surface area contributed by atoms with Crippen LogP contribution in [0.1, 0.15) is 28.3 Å².